The second-order valence-corrected chi connectivity index (χ2v) is 12.2. The number of halogens is 2. The Labute approximate surface area is 241 Å². The largest absolute Gasteiger partial charge is 0.488 e. The van der Waals surface area contributed by atoms with Crippen LogP contribution in [-0.2, 0) is 9.59 Å². The summed E-state index contributed by atoms with van der Waals surface area (Å²) in [5, 5.41) is 9.10. The number of fused-ring (bicyclic) bond motifs is 1. The number of pyridine rings is 1. The number of amides is 1. The van der Waals surface area contributed by atoms with E-state index >= 15 is 4.39 Å². The van der Waals surface area contributed by atoms with E-state index < -0.39 is 22.8 Å². The van der Waals surface area contributed by atoms with E-state index in [0.717, 1.165) is 49.9 Å². The van der Waals surface area contributed by atoms with Crippen LogP contribution in [0.15, 0.2) is 30.5 Å². The van der Waals surface area contributed by atoms with Crippen molar-refractivity contribution in [3.8, 4) is 28.1 Å². The van der Waals surface area contributed by atoms with Gasteiger partial charge in [0.2, 0.25) is 11.0 Å². The highest BCUT2D eigenvalue weighted by Gasteiger charge is 2.40. The van der Waals surface area contributed by atoms with Crippen molar-refractivity contribution in [3.05, 3.63) is 41.4 Å². The van der Waals surface area contributed by atoms with Gasteiger partial charge >= 0.3 is 5.97 Å². The third-order valence-electron chi connectivity index (χ3n) is 8.22. The number of carboxylic acid groups (broad SMARTS) is 1. The Bertz CT molecular complexity index is 1470. The average molecular weight is 583 g/mol. The SMILES string of the molecule is CN1CCOc2cc(-c3ccc(F)cc3-c3nc(N(C(=O)C(CC(=O)O)CC4CCCC4)C4CC4)sc3F)cnc21. The molecule has 1 N–H and O–H groups in total. The van der Waals surface area contributed by atoms with Gasteiger partial charge in [-0.1, -0.05) is 43.1 Å². The van der Waals surface area contributed by atoms with E-state index in [-0.39, 0.29) is 34.8 Å². The van der Waals surface area contributed by atoms with Crippen LogP contribution in [0.25, 0.3) is 22.4 Å². The van der Waals surface area contributed by atoms with Crippen molar-refractivity contribution in [3.63, 3.8) is 0 Å². The molecule has 11 heteroatoms. The first-order valence-corrected chi connectivity index (χ1v) is 15.0. The number of carboxylic acids is 1. The molecule has 2 aliphatic carbocycles. The normalized spacial score (nSPS) is 17.7. The zero-order chi connectivity index (χ0) is 28.7. The fourth-order valence-corrected chi connectivity index (χ4v) is 6.88. The number of likely N-dealkylation sites (N-methyl/N-ethyl adjacent to an activating group) is 1. The molecule has 6 rings (SSSR count). The molecule has 1 aromatic carbocycles. The van der Waals surface area contributed by atoms with Crippen LogP contribution in [0.5, 0.6) is 5.75 Å². The maximum Gasteiger partial charge on any atom is 0.304 e. The number of benzene rings is 1. The molecule has 216 valence electrons. The molecule has 2 aromatic heterocycles. The minimum absolute atomic E-state index is 0.0562. The van der Waals surface area contributed by atoms with Gasteiger partial charge in [0, 0.05) is 36.3 Å². The van der Waals surface area contributed by atoms with Gasteiger partial charge in [-0.3, -0.25) is 14.5 Å². The van der Waals surface area contributed by atoms with Gasteiger partial charge in [0.15, 0.2) is 16.7 Å². The summed E-state index contributed by atoms with van der Waals surface area (Å²) < 4.78 is 36.0. The Hall–Kier alpha value is -3.60. The number of aliphatic carboxylic acids is 1. The second kappa shape index (κ2) is 11.3. The number of carbonyl (C=O) groups is 2. The molecular formula is C30H32F2N4O4S. The number of carbonyl (C=O) groups excluding carboxylic acids is 1. The van der Waals surface area contributed by atoms with Crippen LogP contribution in [0.4, 0.5) is 19.7 Å². The lowest BCUT2D eigenvalue weighted by Crippen LogP contribution is -2.39. The van der Waals surface area contributed by atoms with Crippen molar-refractivity contribution < 1.29 is 28.2 Å². The van der Waals surface area contributed by atoms with Gasteiger partial charge in [-0.15, -0.1) is 0 Å². The van der Waals surface area contributed by atoms with Gasteiger partial charge in [-0.25, -0.2) is 14.4 Å². The van der Waals surface area contributed by atoms with E-state index in [1.807, 2.05) is 11.9 Å². The van der Waals surface area contributed by atoms with Crippen LogP contribution in [0, 0.1) is 22.8 Å². The summed E-state index contributed by atoms with van der Waals surface area (Å²) in [7, 11) is 1.92. The average Bonchev–Trinajstić information content (AvgIpc) is 3.49. The van der Waals surface area contributed by atoms with E-state index in [0.29, 0.717) is 48.2 Å². The van der Waals surface area contributed by atoms with Crippen molar-refractivity contribution in [1.29, 1.82) is 0 Å². The molecule has 3 aromatic rings. The predicted molar refractivity (Wildman–Crippen MR) is 152 cm³/mol. The number of rotatable bonds is 9. The van der Waals surface area contributed by atoms with Crippen molar-refractivity contribution in [1.82, 2.24) is 9.97 Å². The topological polar surface area (TPSA) is 95.9 Å². The van der Waals surface area contributed by atoms with Gasteiger partial charge in [0.05, 0.1) is 13.0 Å². The molecule has 0 radical (unpaired) electrons. The molecule has 0 saturated heterocycles. The smallest absolute Gasteiger partial charge is 0.304 e. The van der Waals surface area contributed by atoms with Crippen LogP contribution in [-0.4, -0.2) is 53.2 Å². The number of anilines is 2. The monoisotopic (exact) mass is 582 g/mol. The molecule has 3 aliphatic rings. The lowest BCUT2D eigenvalue weighted by Gasteiger charge is -2.26. The minimum Gasteiger partial charge on any atom is -0.488 e. The molecule has 1 aliphatic heterocycles. The summed E-state index contributed by atoms with van der Waals surface area (Å²) in [6.45, 7) is 1.21. The van der Waals surface area contributed by atoms with Gasteiger partial charge in [0.1, 0.15) is 18.1 Å². The molecule has 0 bridgehead atoms. The summed E-state index contributed by atoms with van der Waals surface area (Å²) in [4.78, 5) is 38.1. The summed E-state index contributed by atoms with van der Waals surface area (Å²) in [6.07, 6.45) is 7.52. The lowest BCUT2D eigenvalue weighted by molar-refractivity contribution is -0.141. The number of aromatic nitrogens is 2. The highest BCUT2D eigenvalue weighted by molar-refractivity contribution is 7.14. The Morgan fingerprint density at radius 1 is 1.17 bits per heavy atom. The van der Waals surface area contributed by atoms with E-state index in [9.17, 15) is 19.1 Å². The summed E-state index contributed by atoms with van der Waals surface area (Å²) >= 11 is 0.736. The number of nitrogens with zero attached hydrogens (tertiary/aromatic N) is 4. The molecule has 2 saturated carbocycles. The number of thiazole rings is 1. The molecule has 1 unspecified atom stereocenters. The van der Waals surface area contributed by atoms with E-state index in [1.165, 1.54) is 17.0 Å². The minimum atomic E-state index is -1.03. The van der Waals surface area contributed by atoms with E-state index in [1.54, 1.807) is 18.3 Å². The maximum atomic E-state index is 15.6. The molecule has 0 spiro atoms. The first-order chi connectivity index (χ1) is 19.8. The summed E-state index contributed by atoms with van der Waals surface area (Å²) in [6, 6.07) is 5.76. The number of ether oxygens (including phenoxy) is 1. The Morgan fingerprint density at radius 3 is 2.68 bits per heavy atom. The Kier molecular flexibility index (Phi) is 7.63. The third kappa shape index (κ3) is 5.77. The standard InChI is InChI=1S/C30H32F2N4O4S/c1-35-10-11-40-24-13-19(16-33-28(24)35)22-9-6-20(31)15-23(22)26-27(32)41-30(34-26)36(21-7-8-21)29(39)18(14-25(37)38)12-17-4-2-3-5-17/h6,9,13,15-18,21H,2-5,7-8,10-12,14H2,1H3,(H,37,38). The molecule has 1 atom stereocenters. The van der Waals surface area contributed by atoms with Gasteiger partial charge in [-0.05, 0) is 48.9 Å². The van der Waals surface area contributed by atoms with Gasteiger partial charge in [-0.2, -0.15) is 4.39 Å². The quantitative estimate of drug-likeness (QED) is 0.324. The molecule has 41 heavy (non-hydrogen) atoms. The first kappa shape index (κ1) is 27.6. The maximum absolute atomic E-state index is 15.6. The second-order valence-electron chi connectivity index (χ2n) is 11.2. The van der Waals surface area contributed by atoms with Crippen molar-refractivity contribution in [2.24, 2.45) is 11.8 Å². The number of hydrogen-bond donors (Lipinski definition) is 1. The zero-order valence-electron chi connectivity index (χ0n) is 22.8. The van der Waals surface area contributed by atoms with Crippen LogP contribution in [0.2, 0.25) is 0 Å². The molecule has 1 amide bonds. The fourth-order valence-electron chi connectivity index (χ4n) is 5.99. The van der Waals surface area contributed by atoms with Crippen LogP contribution < -0.4 is 14.5 Å². The predicted octanol–water partition coefficient (Wildman–Crippen LogP) is 6.15. The van der Waals surface area contributed by atoms with E-state index in [2.05, 4.69) is 9.97 Å². The van der Waals surface area contributed by atoms with Crippen molar-refractivity contribution in [2.45, 2.75) is 57.4 Å². The molecule has 2 fully saturated rings. The highest BCUT2D eigenvalue weighted by atomic mass is 32.1. The van der Waals surface area contributed by atoms with Crippen molar-refractivity contribution in [2.75, 3.05) is 30.0 Å². The summed E-state index contributed by atoms with van der Waals surface area (Å²) in [5.74, 6) is -0.996. The van der Waals surface area contributed by atoms with Crippen LogP contribution in [0.3, 0.4) is 0 Å². The van der Waals surface area contributed by atoms with E-state index in [4.69, 9.17) is 4.74 Å². The van der Waals surface area contributed by atoms with Gasteiger partial charge < -0.3 is 14.7 Å². The Balaban J connectivity index is 1.35. The lowest BCUT2D eigenvalue weighted by atomic mass is 9.90. The first-order valence-electron chi connectivity index (χ1n) is 14.1. The summed E-state index contributed by atoms with van der Waals surface area (Å²) in [5.41, 5.74) is 1.34. The fraction of sp³-hybridized carbons (Fsp3) is 0.467. The van der Waals surface area contributed by atoms with Crippen molar-refractivity contribution >= 4 is 34.2 Å². The number of hydrogen-bond acceptors (Lipinski definition) is 7. The van der Waals surface area contributed by atoms with Crippen LogP contribution in [0.1, 0.15) is 51.4 Å². The molecule has 8 nitrogen and oxygen atoms in total. The Morgan fingerprint density at radius 2 is 1.95 bits per heavy atom. The third-order valence-corrected chi connectivity index (χ3v) is 9.06. The molecule has 3 heterocycles. The highest BCUT2D eigenvalue weighted by Crippen LogP contribution is 2.43. The zero-order valence-corrected chi connectivity index (χ0v) is 23.6. The molecular weight excluding hydrogens is 550 g/mol. The van der Waals surface area contributed by atoms with Crippen LogP contribution >= 0.6 is 11.3 Å². The van der Waals surface area contributed by atoms with Gasteiger partial charge in [0.25, 0.3) is 0 Å².